The lowest BCUT2D eigenvalue weighted by Gasteiger charge is -2.23. The Morgan fingerprint density at radius 1 is 1.20 bits per heavy atom. The van der Waals surface area contributed by atoms with Gasteiger partial charge in [-0.2, -0.15) is 0 Å². The Labute approximate surface area is 95.8 Å². The summed E-state index contributed by atoms with van der Waals surface area (Å²) in [5.74, 6) is 0.0623. The molecule has 0 fully saturated rings. The van der Waals surface area contributed by atoms with Gasteiger partial charge in [0.15, 0.2) is 0 Å². The monoisotopic (exact) mass is 254 g/mol. The van der Waals surface area contributed by atoms with Crippen molar-refractivity contribution in [3.63, 3.8) is 0 Å². The van der Waals surface area contributed by atoms with Gasteiger partial charge in [-0.25, -0.2) is 0 Å². The van der Waals surface area contributed by atoms with Crippen LogP contribution in [0, 0.1) is 0 Å². The third kappa shape index (κ3) is 5.52. The summed E-state index contributed by atoms with van der Waals surface area (Å²) < 4.78 is 20.4. The highest BCUT2D eigenvalue weighted by molar-refractivity contribution is 8.01. The van der Waals surface area contributed by atoms with Crippen molar-refractivity contribution >= 4 is 26.5 Å². The van der Waals surface area contributed by atoms with Gasteiger partial charge in [-0.15, -0.1) is 11.8 Å². The summed E-state index contributed by atoms with van der Waals surface area (Å²) in [6.45, 7) is 2.18. The summed E-state index contributed by atoms with van der Waals surface area (Å²) in [5, 5.41) is 0.537. The smallest absolute Gasteiger partial charge is 0.465 e. The third-order valence-corrected chi connectivity index (χ3v) is 6.27. The molecule has 0 aliphatic carbocycles. The molecule has 0 saturated carbocycles. The first kappa shape index (κ1) is 14.9. The molecule has 0 unspecified atom stereocenters. The lowest BCUT2D eigenvalue weighted by Crippen LogP contribution is -2.46. The van der Waals surface area contributed by atoms with Gasteiger partial charge in [-0.3, -0.25) is 4.79 Å². The second kappa shape index (κ2) is 8.11. The van der Waals surface area contributed by atoms with Gasteiger partial charge in [-0.1, -0.05) is 0 Å². The standard InChI is InChI=1S/C8H18O5SSi/c1-5-13-8(9)6-14-7-15(10-2,11-3)12-4/h5-7H2,1-4H3. The quantitative estimate of drug-likeness (QED) is 0.469. The number of carbonyl (C=O) groups is 1. The predicted molar refractivity (Wildman–Crippen MR) is 60.7 cm³/mol. The largest absolute Gasteiger partial charge is 0.510 e. The van der Waals surface area contributed by atoms with E-state index in [1.807, 2.05) is 0 Å². The van der Waals surface area contributed by atoms with Crippen LogP contribution in [-0.2, 0) is 22.8 Å². The fourth-order valence-corrected chi connectivity index (χ4v) is 4.46. The number of thioether (sulfide) groups is 1. The summed E-state index contributed by atoms with van der Waals surface area (Å²) in [6, 6.07) is 0. The molecule has 0 aliphatic heterocycles. The summed E-state index contributed by atoms with van der Waals surface area (Å²) in [7, 11) is 2.09. The van der Waals surface area contributed by atoms with E-state index < -0.39 is 8.80 Å². The average molecular weight is 254 g/mol. The second-order valence-corrected chi connectivity index (χ2v) is 7.04. The Balaban J connectivity index is 3.85. The summed E-state index contributed by atoms with van der Waals surface area (Å²) in [4.78, 5) is 11.0. The molecule has 0 aromatic rings. The Bertz CT molecular complexity index is 178. The van der Waals surface area contributed by atoms with E-state index in [1.165, 1.54) is 11.8 Å². The van der Waals surface area contributed by atoms with Crippen LogP contribution in [0.25, 0.3) is 0 Å². The maximum absolute atomic E-state index is 11.0. The molecule has 0 bridgehead atoms. The van der Waals surface area contributed by atoms with Crippen molar-refractivity contribution < 1.29 is 22.8 Å². The van der Waals surface area contributed by atoms with Crippen LogP contribution in [-0.4, -0.2) is 53.8 Å². The van der Waals surface area contributed by atoms with Crippen molar-refractivity contribution in [2.45, 2.75) is 6.92 Å². The molecule has 0 aromatic carbocycles. The predicted octanol–water partition coefficient (Wildman–Crippen LogP) is 0.700. The third-order valence-electron chi connectivity index (χ3n) is 1.74. The molecular formula is C8H18O5SSi. The molecule has 7 heteroatoms. The number of esters is 1. The van der Waals surface area contributed by atoms with Crippen LogP contribution < -0.4 is 0 Å². The number of hydrogen-bond acceptors (Lipinski definition) is 6. The second-order valence-electron chi connectivity index (χ2n) is 2.59. The molecule has 0 rings (SSSR count). The van der Waals surface area contributed by atoms with E-state index in [4.69, 9.17) is 18.0 Å². The minimum absolute atomic E-state index is 0.228. The lowest BCUT2D eigenvalue weighted by atomic mass is 10.8. The zero-order valence-corrected chi connectivity index (χ0v) is 11.4. The van der Waals surface area contributed by atoms with Crippen molar-refractivity contribution in [1.29, 1.82) is 0 Å². The van der Waals surface area contributed by atoms with Crippen LogP contribution >= 0.6 is 11.8 Å². The van der Waals surface area contributed by atoms with Crippen LogP contribution in [0.1, 0.15) is 6.92 Å². The molecular weight excluding hydrogens is 236 g/mol. The van der Waals surface area contributed by atoms with Crippen molar-refractivity contribution in [2.24, 2.45) is 0 Å². The molecule has 0 heterocycles. The molecule has 0 atom stereocenters. The highest BCUT2D eigenvalue weighted by Crippen LogP contribution is 2.14. The molecule has 90 valence electrons. The highest BCUT2D eigenvalue weighted by Gasteiger charge is 2.37. The molecule has 0 aliphatic rings. The van der Waals surface area contributed by atoms with Crippen molar-refractivity contribution in [2.75, 3.05) is 39.1 Å². The first-order valence-electron chi connectivity index (χ1n) is 4.53. The fraction of sp³-hybridized carbons (Fsp3) is 0.875. The van der Waals surface area contributed by atoms with E-state index >= 15 is 0 Å². The molecule has 0 saturated heterocycles. The SMILES string of the molecule is CCOC(=O)CSC[Si](OC)(OC)OC. The van der Waals surface area contributed by atoms with Crippen LogP contribution in [0.2, 0.25) is 0 Å². The Morgan fingerprint density at radius 3 is 2.13 bits per heavy atom. The van der Waals surface area contributed by atoms with Gasteiger partial charge >= 0.3 is 14.8 Å². The van der Waals surface area contributed by atoms with E-state index in [9.17, 15) is 4.79 Å². The topological polar surface area (TPSA) is 54.0 Å². The minimum atomic E-state index is -2.55. The molecule has 0 amide bonds. The number of hydrogen-bond donors (Lipinski definition) is 0. The van der Waals surface area contributed by atoms with Crippen LogP contribution in [0.15, 0.2) is 0 Å². The van der Waals surface area contributed by atoms with E-state index in [0.717, 1.165) is 0 Å². The highest BCUT2D eigenvalue weighted by atomic mass is 32.2. The molecule has 5 nitrogen and oxygen atoms in total. The van der Waals surface area contributed by atoms with Crippen LogP contribution in [0.5, 0.6) is 0 Å². The van der Waals surface area contributed by atoms with Crippen LogP contribution in [0.4, 0.5) is 0 Å². The number of ether oxygens (including phenoxy) is 1. The van der Waals surface area contributed by atoms with Crippen molar-refractivity contribution in [3.8, 4) is 0 Å². The average Bonchev–Trinajstić information content (AvgIpc) is 2.25. The van der Waals surface area contributed by atoms with Gasteiger partial charge in [0.25, 0.3) is 0 Å². The molecule has 0 N–H and O–H groups in total. The summed E-state index contributed by atoms with van der Waals surface area (Å²) in [6.07, 6.45) is 0. The minimum Gasteiger partial charge on any atom is -0.465 e. The number of rotatable bonds is 8. The lowest BCUT2D eigenvalue weighted by molar-refractivity contribution is -0.139. The summed E-state index contributed by atoms with van der Waals surface area (Å²) >= 11 is 1.39. The first-order valence-corrected chi connectivity index (χ1v) is 7.61. The molecule has 0 spiro atoms. The summed E-state index contributed by atoms with van der Waals surface area (Å²) in [5.41, 5.74) is 0. The van der Waals surface area contributed by atoms with Gasteiger partial charge < -0.3 is 18.0 Å². The van der Waals surface area contributed by atoms with Gasteiger partial charge in [0.2, 0.25) is 0 Å². The first-order chi connectivity index (χ1) is 7.14. The van der Waals surface area contributed by atoms with Gasteiger partial charge in [-0.05, 0) is 6.92 Å². The van der Waals surface area contributed by atoms with Crippen LogP contribution in [0.3, 0.4) is 0 Å². The van der Waals surface area contributed by atoms with E-state index in [1.54, 1.807) is 28.3 Å². The van der Waals surface area contributed by atoms with Gasteiger partial charge in [0.05, 0.1) is 17.7 Å². The zero-order valence-electron chi connectivity index (χ0n) is 9.57. The number of carbonyl (C=O) groups excluding carboxylic acids is 1. The van der Waals surface area contributed by atoms with Crippen molar-refractivity contribution in [1.82, 2.24) is 0 Å². The molecule has 0 radical (unpaired) electrons. The Kier molecular flexibility index (Phi) is 8.07. The Morgan fingerprint density at radius 2 is 1.73 bits per heavy atom. The normalized spacial score (nSPS) is 11.5. The van der Waals surface area contributed by atoms with Gasteiger partial charge in [0, 0.05) is 21.3 Å². The Hall–Kier alpha value is -0.0831. The van der Waals surface area contributed by atoms with E-state index in [2.05, 4.69) is 0 Å². The van der Waals surface area contributed by atoms with E-state index in [-0.39, 0.29) is 5.97 Å². The van der Waals surface area contributed by atoms with Gasteiger partial charge in [0.1, 0.15) is 0 Å². The van der Waals surface area contributed by atoms with E-state index in [0.29, 0.717) is 17.7 Å². The fourth-order valence-electron chi connectivity index (χ4n) is 0.889. The maximum Gasteiger partial charge on any atom is 0.510 e. The maximum atomic E-state index is 11.0. The molecule has 15 heavy (non-hydrogen) atoms. The van der Waals surface area contributed by atoms with Crippen molar-refractivity contribution in [3.05, 3.63) is 0 Å². The molecule has 0 aromatic heterocycles. The zero-order chi connectivity index (χ0) is 11.7.